The molecule has 10 heteroatoms. The van der Waals surface area contributed by atoms with E-state index in [0.29, 0.717) is 20.9 Å². The number of imide groups is 2. The van der Waals surface area contributed by atoms with Gasteiger partial charge in [-0.25, -0.2) is 0 Å². The monoisotopic (exact) mass is 1170 g/mol. The molecule has 12 rings (SSSR count). The second kappa shape index (κ2) is 23.5. The van der Waals surface area contributed by atoms with Crippen molar-refractivity contribution in [2.75, 3.05) is 13.1 Å². The van der Waals surface area contributed by atoms with Gasteiger partial charge in [0.1, 0.15) is 5.92 Å². The van der Waals surface area contributed by atoms with Gasteiger partial charge in [-0.3, -0.25) is 29.0 Å². The average Bonchev–Trinajstić information content (AvgIpc) is 1.29. The van der Waals surface area contributed by atoms with E-state index < -0.39 is 29.5 Å². The largest absolute Gasteiger partial charge is 0.274 e. The molecule has 398 valence electrons. The number of carbonyl (C=O) groups excluding carboxylic acids is 4. The third kappa shape index (κ3) is 10.3. The number of rotatable bonds is 7. The second-order valence-corrected chi connectivity index (χ2v) is 24.8. The highest BCUT2D eigenvalue weighted by molar-refractivity contribution is 7.27. The first-order valence-corrected chi connectivity index (χ1v) is 29.9. The van der Waals surface area contributed by atoms with Gasteiger partial charge in [0.2, 0.25) is 0 Å². The molecule has 0 saturated carbocycles. The number of amides is 4. The van der Waals surface area contributed by atoms with E-state index in [4.69, 9.17) is 12.8 Å². The van der Waals surface area contributed by atoms with E-state index in [2.05, 4.69) is 198 Å². The Labute approximate surface area is 513 Å². The first kappa shape index (κ1) is 55.2. The quantitative estimate of drug-likeness (QED) is 0.0905. The van der Waals surface area contributed by atoms with Crippen molar-refractivity contribution in [3.63, 3.8) is 0 Å². The van der Waals surface area contributed by atoms with Crippen LogP contribution < -0.4 is 0 Å². The lowest BCUT2D eigenvalue weighted by Crippen LogP contribution is -2.45. The molecule has 6 aromatic carbocycles. The van der Waals surface area contributed by atoms with Crippen molar-refractivity contribution < 1.29 is 19.2 Å². The molecule has 0 fully saturated rings. The van der Waals surface area contributed by atoms with E-state index >= 15 is 14.4 Å². The highest BCUT2D eigenvalue weighted by Gasteiger charge is 2.44. The summed E-state index contributed by atoms with van der Waals surface area (Å²) in [4.78, 5) is 69.2. The molecular weight excluding hydrogens is 1130 g/mol. The summed E-state index contributed by atoms with van der Waals surface area (Å²) in [6, 6.07) is 33.6. The fourth-order valence-corrected chi connectivity index (χ4v) is 14.8. The molecular formula is C76H36N2O4S4. The van der Waals surface area contributed by atoms with Gasteiger partial charge in [0.15, 0.2) is 0 Å². The predicted molar refractivity (Wildman–Crippen MR) is 353 cm³/mol. The summed E-state index contributed by atoms with van der Waals surface area (Å²) in [5.41, 5.74) is 1.73. The zero-order chi connectivity index (χ0) is 59.6. The summed E-state index contributed by atoms with van der Waals surface area (Å²) in [5.74, 6) is 53.0. The Morgan fingerprint density at radius 3 is 1.26 bits per heavy atom. The van der Waals surface area contributed by atoms with Crippen LogP contribution in [0.3, 0.4) is 0 Å². The maximum Gasteiger partial charge on any atom is 0.262 e. The van der Waals surface area contributed by atoms with Crippen LogP contribution in [0.15, 0.2) is 97.1 Å². The molecule has 86 heavy (non-hydrogen) atoms. The summed E-state index contributed by atoms with van der Waals surface area (Å²) in [5, 5.41) is 10.1. The fraction of sp³-hybridized carbons (Fsp3) is 0.105. The Morgan fingerprint density at radius 1 is 0.372 bits per heavy atom. The van der Waals surface area contributed by atoms with Gasteiger partial charge in [0, 0.05) is 89.0 Å². The minimum Gasteiger partial charge on any atom is -0.274 e. The predicted octanol–water partition coefficient (Wildman–Crippen LogP) is 14.2. The standard InChI is InChI=1S/C76H36N2O4S4/c1-7-9-11-13-15-17-19-21-23-25-27-50(28-26-24-22-20-18-16-14-12-10-8-2)46-78-74(80)62-43-60(72-69-61(73(79)77(75(72)81)45-47(3)4)42-59(65-36-29-48(5)83-65)71(70(62)69)76(78)82)66-39-40-67(85-66)68-44-58-56-33-31-51-52(54(56)35-38-64(58)86-68)30-32-55-53(51)34-37-63-57(55)41-49(6)84-63/h1-2,29-44,47,50H,45-46H2,3-6H3. The average molecular weight is 1170 g/mol. The lowest BCUT2D eigenvalue weighted by Gasteiger charge is -2.35. The first-order valence-electron chi connectivity index (χ1n) is 26.6. The van der Waals surface area contributed by atoms with E-state index in [-0.39, 0.29) is 52.0 Å². The molecule has 4 amide bonds. The Morgan fingerprint density at radius 2 is 0.779 bits per heavy atom. The van der Waals surface area contributed by atoms with Crippen molar-refractivity contribution >= 4 is 132 Å². The molecule has 0 N–H and O–H groups in total. The van der Waals surface area contributed by atoms with E-state index in [0.717, 1.165) is 35.0 Å². The van der Waals surface area contributed by atoms with Gasteiger partial charge in [0.05, 0.1) is 17.7 Å². The van der Waals surface area contributed by atoms with E-state index in [1.54, 1.807) is 23.5 Å². The molecule has 0 unspecified atom stereocenters. The molecule has 0 saturated heterocycles. The summed E-state index contributed by atoms with van der Waals surface area (Å²) >= 11 is 6.44. The van der Waals surface area contributed by atoms with Gasteiger partial charge in [0.25, 0.3) is 23.6 Å². The Kier molecular flexibility index (Phi) is 15.1. The summed E-state index contributed by atoms with van der Waals surface area (Å²) in [6.45, 7) is 7.85. The van der Waals surface area contributed by atoms with Crippen LogP contribution in [-0.4, -0.2) is 46.5 Å². The van der Waals surface area contributed by atoms with Crippen LogP contribution in [0.5, 0.6) is 0 Å². The van der Waals surface area contributed by atoms with Gasteiger partial charge >= 0.3 is 0 Å². The Hall–Kier alpha value is -11.3. The Balaban J connectivity index is 0.983. The molecule has 0 atom stereocenters. The van der Waals surface area contributed by atoms with Crippen LogP contribution in [0.25, 0.3) is 93.9 Å². The minimum absolute atomic E-state index is 0.0662. The number of aryl methyl sites for hydroxylation is 2. The van der Waals surface area contributed by atoms with Crippen LogP contribution in [0, 0.1) is 169 Å². The molecule has 6 nitrogen and oxygen atoms in total. The maximum absolute atomic E-state index is 15.5. The van der Waals surface area contributed by atoms with Crippen molar-refractivity contribution in [1.29, 1.82) is 0 Å². The van der Waals surface area contributed by atoms with E-state index in [1.165, 1.54) is 69.5 Å². The van der Waals surface area contributed by atoms with Gasteiger partial charge in [-0.05, 0) is 231 Å². The molecule has 0 bridgehead atoms. The molecule has 2 aliphatic rings. The molecule has 6 heterocycles. The molecule has 0 aliphatic carbocycles. The number of hydrogen-bond donors (Lipinski definition) is 0. The number of benzene rings is 6. The zero-order valence-corrected chi connectivity index (χ0v) is 49.4. The zero-order valence-electron chi connectivity index (χ0n) is 46.1. The van der Waals surface area contributed by atoms with Gasteiger partial charge in [-0.1, -0.05) is 62.1 Å². The third-order valence-electron chi connectivity index (χ3n) is 14.3. The number of carbonyl (C=O) groups is 4. The first-order chi connectivity index (χ1) is 41.9. The van der Waals surface area contributed by atoms with Crippen molar-refractivity contribution in [2.24, 2.45) is 11.8 Å². The highest BCUT2D eigenvalue weighted by atomic mass is 32.1. The van der Waals surface area contributed by atoms with Crippen molar-refractivity contribution in [3.05, 3.63) is 129 Å². The van der Waals surface area contributed by atoms with Crippen LogP contribution in [-0.2, 0) is 0 Å². The van der Waals surface area contributed by atoms with Crippen LogP contribution in [0.1, 0.15) is 65.0 Å². The summed E-state index contributed by atoms with van der Waals surface area (Å²) in [7, 11) is 0. The number of hydrogen-bond acceptors (Lipinski definition) is 8. The van der Waals surface area contributed by atoms with Gasteiger partial charge in [-0.15, -0.1) is 58.2 Å². The number of terminal acetylenes is 2. The number of fused-ring (bicyclic) bond motifs is 9. The fourth-order valence-electron chi connectivity index (χ4n) is 10.8. The minimum atomic E-state index is -0.988. The van der Waals surface area contributed by atoms with E-state index in [1.807, 2.05) is 56.4 Å². The van der Waals surface area contributed by atoms with Crippen molar-refractivity contribution in [1.82, 2.24) is 9.80 Å². The van der Waals surface area contributed by atoms with E-state index in [9.17, 15) is 4.79 Å². The summed E-state index contributed by atoms with van der Waals surface area (Å²) < 4.78 is 2.41. The molecule has 4 aromatic heterocycles. The van der Waals surface area contributed by atoms with Gasteiger partial charge in [-0.2, -0.15) is 0 Å². The second-order valence-electron chi connectivity index (χ2n) is 20.1. The topological polar surface area (TPSA) is 74.8 Å². The van der Waals surface area contributed by atoms with Crippen LogP contribution in [0.4, 0.5) is 0 Å². The van der Waals surface area contributed by atoms with Crippen LogP contribution in [0.2, 0.25) is 0 Å². The highest BCUT2D eigenvalue weighted by Crippen LogP contribution is 2.50. The van der Waals surface area contributed by atoms with Crippen LogP contribution >= 0.6 is 45.3 Å². The smallest absolute Gasteiger partial charge is 0.262 e. The lowest BCUT2D eigenvalue weighted by molar-refractivity contribution is 0.0577. The van der Waals surface area contributed by atoms with Gasteiger partial charge < -0.3 is 0 Å². The molecule has 2 aliphatic heterocycles. The molecule has 0 spiro atoms. The van der Waals surface area contributed by atoms with Crippen molar-refractivity contribution in [3.8, 4) is 174 Å². The normalized spacial score (nSPS) is 11.6. The Bertz CT molecular complexity index is 5470. The molecule has 10 aromatic rings. The SMILES string of the molecule is C#CC#CC#CC#CC#CC#CC(C#CC#CC#CC#CC#CC#C)CN1C(=O)c2cc(-c3ccc(-c4cc5c(ccc6c5ccc5c7ccc8sc(C)cc8c7ccc65)s4)s3)c3c4c(cc(-c5ccc(C)s5)c(c24)C1=O)C(=O)N(CC(C)C)C3=O. The van der Waals surface area contributed by atoms with Crippen molar-refractivity contribution in [2.45, 2.75) is 27.7 Å². The maximum atomic E-state index is 15.5. The lowest BCUT2D eigenvalue weighted by atomic mass is 9.80. The number of nitrogens with zero attached hydrogens (tertiary/aromatic N) is 2. The summed E-state index contributed by atoms with van der Waals surface area (Å²) in [6.07, 6.45) is 10.3. The number of thiophene rings is 4. The molecule has 0 radical (unpaired) electrons. The third-order valence-corrected chi connectivity index (χ3v) is 18.7.